The SMILES string of the molecule is COc1ccc(CNC(=O)COC(=O)CC(C)(C)C)cc1OC. The number of hydrogen-bond donors (Lipinski definition) is 1. The summed E-state index contributed by atoms with van der Waals surface area (Å²) < 4.78 is 15.3. The van der Waals surface area contributed by atoms with Crippen molar-refractivity contribution < 1.29 is 23.8 Å². The first-order valence-electron chi connectivity index (χ1n) is 7.38. The van der Waals surface area contributed by atoms with Crippen LogP contribution in [0.3, 0.4) is 0 Å². The summed E-state index contributed by atoms with van der Waals surface area (Å²) in [5.74, 6) is 0.496. The van der Waals surface area contributed by atoms with Crippen molar-refractivity contribution in [2.75, 3.05) is 20.8 Å². The minimum absolute atomic E-state index is 0.160. The molecule has 6 nitrogen and oxygen atoms in total. The average molecular weight is 323 g/mol. The third kappa shape index (κ3) is 7.04. The molecule has 1 N–H and O–H groups in total. The molecular weight excluding hydrogens is 298 g/mol. The molecule has 0 saturated heterocycles. The molecule has 1 amide bonds. The molecule has 0 fully saturated rings. The maximum atomic E-state index is 11.7. The van der Waals surface area contributed by atoms with Gasteiger partial charge in [-0.05, 0) is 23.1 Å². The number of carbonyl (C=O) groups excluding carboxylic acids is 2. The summed E-state index contributed by atoms with van der Waals surface area (Å²) >= 11 is 0. The molecule has 0 aromatic heterocycles. The Morgan fingerprint density at radius 2 is 1.74 bits per heavy atom. The molecule has 0 heterocycles. The number of esters is 1. The Morgan fingerprint density at radius 1 is 1.09 bits per heavy atom. The second-order valence-corrected chi connectivity index (χ2v) is 6.36. The Balaban J connectivity index is 2.43. The molecule has 6 heteroatoms. The van der Waals surface area contributed by atoms with Crippen LogP contribution in [0.25, 0.3) is 0 Å². The highest BCUT2D eigenvalue weighted by atomic mass is 16.5. The van der Waals surface area contributed by atoms with Crippen molar-refractivity contribution in [1.82, 2.24) is 5.32 Å². The number of ether oxygens (including phenoxy) is 3. The normalized spacial score (nSPS) is 10.8. The van der Waals surface area contributed by atoms with E-state index in [1.165, 1.54) is 0 Å². The lowest BCUT2D eigenvalue weighted by atomic mass is 9.93. The lowest BCUT2D eigenvalue weighted by Crippen LogP contribution is -2.29. The number of methoxy groups -OCH3 is 2. The minimum atomic E-state index is -0.376. The standard InChI is InChI=1S/C17H25NO5/c1-17(2,3)9-16(20)23-11-15(19)18-10-12-6-7-13(21-4)14(8-12)22-5/h6-8H,9-11H2,1-5H3,(H,18,19). The first kappa shape index (κ1) is 18.8. The molecule has 128 valence electrons. The molecule has 1 aromatic rings. The largest absolute Gasteiger partial charge is 0.493 e. The Labute approximate surface area is 137 Å². The Bertz CT molecular complexity index is 548. The zero-order valence-corrected chi connectivity index (χ0v) is 14.4. The molecule has 0 aliphatic rings. The fourth-order valence-corrected chi connectivity index (χ4v) is 1.87. The van der Waals surface area contributed by atoms with E-state index in [2.05, 4.69) is 5.32 Å². The van der Waals surface area contributed by atoms with Crippen molar-refractivity contribution in [3.8, 4) is 11.5 Å². The van der Waals surface area contributed by atoms with Crippen LogP contribution in [0.1, 0.15) is 32.8 Å². The molecular formula is C17H25NO5. The van der Waals surface area contributed by atoms with Crippen molar-refractivity contribution in [3.05, 3.63) is 23.8 Å². The molecule has 1 aromatic carbocycles. The van der Waals surface area contributed by atoms with Gasteiger partial charge in [-0.25, -0.2) is 0 Å². The van der Waals surface area contributed by atoms with Gasteiger partial charge < -0.3 is 19.5 Å². The van der Waals surface area contributed by atoms with Gasteiger partial charge >= 0.3 is 5.97 Å². The highest BCUT2D eigenvalue weighted by Gasteiger charge is 2.17. The van der Waals surface area contributed by atoms with Gasteiger partial charge in [-0.2, -0.15) is 0 Å². The van der Waals surface area contributed by atoms with Crippen LogP contribution in [0.2, 0.25) is 0 Å². The summed E-state index contributed by atoms with van der Waals surface area (Å²) in [5, 5.41) is 2.69. The third-order valence-corrected chi connectivity index (χ3v) is 2.98. The quantitative estimate of drug-likeness (QED) is 0.779. The van der Waals surface area contributed by atoms with Gasteiger partial charge in [-0.15, -0.1) is 0 Å². The lowest BCUT2D eigenvalue weighted by Gasteiger charge is -2.16. The Morgan fingerprint density at radius 3 is 2.30 bits per heavy atom. The van der Waals surface area contributed by atoms with E-state index in [9.17, 15) is 9.59 Å². The van der Waals surface area contributed by atoms with Gasteiger partial charge in [0, 0.05) is 6.54 Å². The first-order valence-corrected chi connectivity index (χ1v) is 7.38. The van der Waals surface area contributed by atoms with Crippen LogP contribution in [0.15, 0.2) is 18.2 Å². The highest BCUT2D eigenvalue weighted by Crippen LogP contribution is 2.27. The molecule has 0 radical (unpaired) electrons. The van der Waals surface area contributed by atoms with Gasteiger partial charge in [0.2, 0.25) is 0 Å². The van der Waals surface area contributed by atoms with Gasteiger partial charge in [0.25, 0.3) is 5.91 Å². The zero-order valence-electron chi connectivity index (χ0n) is 14.4. The van der Waals surface area contributed by atoms with E-state index in [-0.39, 0.29) is 30.3 Å². The van der Waals surface area contributed by atoms with E-state index in [4.69, 9.17) is 14.2 Å². The number of hydrogen-bond acceptors (Lipinski definition) is 5. The van der Waals surface area contributed by atoms with E-state index in [0.717, 1.165) is 5.56 Å². The predicted molar refractivity (Wildman–Crippen MR) is 86.4 cm³/mol. The van der Waals surface area contributed by atoms with Crippen molar-refractivity contribution in [2.24, 2.45) is 5.41 Å². The number of amides is 1. The fourth-order valence-electron chi connectivity index (χ4n) is 1.87. The van der Waals surface area contributed by atoms with Crippen molar-refractivity contribution in [3.63, 3.8) is 0 Å². The van der Waals surface area contributed by atoms with Crippen LogP contribution in [0.5, 0.6) is 11.5 Å². The summed E-state index contributed by atoms with van der Waals surface area (Å²) in [5.41, 5.74) is 0.699. The van der Waals surface area contributed by atoms with Crippen molar-refractivity contribution in [2.45, 2.75) is 33.7 Å². The van der Waals surface area contributed by atoms with E-state index in [1.54, 1.807) is 26.4 Å². The monoisotopic (exact) mass is 323 g/mol. The van der Waals surface area contributed by atoms with Crippen LogP contribution in [0.4, 0.5) is 0 Å². The molecule has 0 aliphatic carbocycles. The predicted octanol–water partition coefficient (Wildman–Crippen LogP) is 2.30. The van der Waals surface area contributed by atoms with E-state index in [0.29, 0.717) is 18.0 Å². The second-order valence-electron chi connectivity index (χ2n) is 6.36. The molecule has 0 saturated carbocycles. The van der Waals surface area contributed by atoms with Crippen LogP contribution >= 0.6 is 0 Å². The summed E-state index contributed by atoms with van der Waals surface area (Å²) in [4.78, 5) is 23.3. The van der Waals surface area contributed by atoms with Gasteiger partial charge in [-0.3, -0.25) is 9.59 Å². The molecule has 0 spiro atoms. The van der Waals surface area contributed by atoms with Crippen LogP contribution in [-0.4, -0.2) is 32.7 Å². The van der Waals surface area contributed by atoms with Crippen molar-refractivity contribution >= 4 is 11.9 Å². The fraction of sp³-hybridized carbons (Fsp3) is 0.529. The van der Waals surface area contributed by atoms with Gasteiger partial charge in [-0.1, -0.05) is 26.8 Å². The van der Waals surface area contributed by atoms with Gasteiger partial charge in [0.1, 0.15) is 0 Å². The van der Waals surface area contributed by atoms with Crippen LogP contribution in [0, 0.1) is 5.41 Å². The summed E-state index contributed by atoms with van der Waals surface area (Å²) in [6, 6.07) is 5.38. The highest BCUT2D eigenvalue weighted by molar-refractivity contribution is 5.80. The van der Waals surface area contributed by atoms with E-state index >= 15 is 0 Å². The maximum absolute atomic E-state index is 11.7. The lowest BCUT2D eigenvalue weighted by molar-refractivity contribution is -0.150. The van der Waals surface area contributed by atoms with Crippen LogP contribution < -0.4 is 14.8 Å². The summed E-state index contributed by atoms with van der Waals surface area (Å²) in [6.07, 6.45) is 0.274. The summed E-state index contributed by atoms with van der Waals surface area (Å²) in [7, 11) is 3.11. The van der Waals surface area contributed by atoms with E-state index in [1.807, 2.05) is 26.8 Å². The number of benzene rings is 1. The molecule has 0 bridgehead atoms. The zero-order chi connectivity index (χ0) is 17.5. The molecule has 23 heavy (non-hydrogen) atoms. The van der Waals surface area contributed by atoms with Crippen LogP contribution in [-0.2, 0) is 20.9 Å². The average Bonchev–Trinajstić information content (AvgIpc) is 2.48. The first-order chi connectivity index (χ1) is 10.7. The third-order valence-electron chi connectivity index (χ3n) is 2.98. The maximum Gasteiger partial charge on any atom is 0.306 e. The van der Waals surface area contributed by atoms with Gasteiger partial charge in [0.05, 0.1) is 20.6 Å². The molecule has 0 atom stereocenters. The minimum Gasteiger partial charge on any atom is -0.493 e. The smallest absolute Gasteiger partial charge is 0.306 e. The Hall–Kier alpha value is -2.24. The van der Waals surface area contributed by atoms with Crippen molar-refractivity contribution in [1.29, 1.82) is 0 Å². The molecule has 0 unspecified atom stereocenters. The van der Waals surface area contributed by atoms with Gasteiger partial charge in [0.15, 0.2) is 18.1 Å². The second kappa shape index (κ2) is 8.41. The van der Waals surface area contributed by atoms with E-state index < -0.39 is 0 Å². The number of nitrogens with one attached hydrogen (secondary N) is 1. The Kier molecular flexibility index (Phi) is 6.88. The molecule has 0 aliphatic heterocycles. The number of rotatable bonds is 7. The molecule has 1 rings (SSSR count). The number of carbonyl (C=O) groups is 2. The summed E-state index contributed by atoms with van der Waals surface area (Å²) in [6.45, 7) is 5.85. The topological polar surface area (TPSA) is 73.9 Å².